The van der Waals surface area contributed by atoms with Gasteiger partial charge in [-0.05, 0) is 25.0 Å². The van der Waals surface area contributed by atoms with Crippen LogP contribution < -0.4 is 0 Å². The molecular formula is C18H21ClOS. The Labute approximate surface area is 136 Å². The van der Waals surface area contributed by atoms with Crippen molar-refractivity contribution in [2.24, 2.45) is 0 Å². The summed E-state index contributed by atoms with van der Waals surface area (Å²) in [4.78, 5) is 10.6. The Balaban J connectivity index is 0.000000219. The zero-order valence-corrected chi connectivity index (χ0v) is 14.3. The fraction of sp³-hybridized carbons (Fsp3) is 0.278. The average molecular weight is 321 g/mol. The first-order valence-corrected chi connectivity index (χ1v) is 8.33. The van der Waals surface area contributed by atoms with Crippen LogP contribution in [0.25, 0.3) is 0 Å². The maximum atomic E-state index is 10.6. The summed E-state index contributed by atoms with van der Waals surface area (Å²) in [7, 11) is 0. The van der Waals surface area contributed by atoms with E-state index in [1.165, 1.54) is 34.0 Å². The van der Waals surface area contributed by atoms with E-state index in [2.05, 4.69) is 50.2 Å². The molecule has 0 aromatic heterocycles. The number of benzene rings is 2. The van der Waals surface area contributed by atoms with Gasteiger partial charge in [-0.15, -0.1) is 11.6 Å². The summed E-state index contributed by atoms with van der Waals surface area (Å²) in [6.45, 7) is 5.72. The fourth-order valence-electron chi connectivity index (χ4n) is 1.55. The van der Waals surface area contributed by atoms with Crippen LogP contribution in [0.2, 0.25) is 0 Å². The minimum atomic E-state index is 0.176. The largest absolute Gasteiger partial charge is 0.288 e. The van der Waals surface area contributed by atoms with Crippen LogP contribution in [-0.2, 0) is 16.4 Å². The summed E-state index contributed by atoms with van der Waals surface area (Å²) in [6.07, 6.45) is 0. The van der Waals surface area contributed by atoms with Gasteiger partial charge in [0.25, 0.3) is 0 Å². The molecule has 0 spiro atoms. The Hall–Kier alpha value is -1.25. The SMILES string of the molecule is CC(=O)SCc1ccc(C)cc1.Cc1ccc(CCl)cc1. The normalized spacial score (nSPS) is 9.71. The first kappa shape index (κ1) is 17.8. The second kappa shape index (κ2) is 9.64. The minimum Gasteiger partial charge on any atom is -0.288 e. The topological polar surface area (TPSA) is 17.1 Å². The van der Waals surface area contributed by atoms with Crippen LogP contribution in [0.3, 0.4) is 0 Å². The summed E-state index contributed by atoms with van der Waals surface area (Å²) in [5, 5.41) is 0.176. The molecule has 2 rings (SSSR count). The van der Waals surface area contributed by atoms with E-state index in [4.69, 9.17) is 11.6 Å². The molecule has 21 heavy (non-hydrogen) atoms. The first-order valence-electron chi connectivity index (χ1n) is 6.81. The van der Waals surface area contributed by atoms with Crippen molar-refractivity contribution in [1.82, 2.24) is 0 Å². The Morgan fingerprint density at radius 1 is 0.905 bits per heavy atom. The smallest absolute Gasteiger partial charge is 0.186 e. The molecule has 1 nitrogen and oxygen atoms in total. The van der Waals surface area contributed by atoms with Crippen LogP contribution in [0.5, 0.6) is 0 Å². The fourth-order valence-corrected chi connectivity index (χ4v) is 2.29. The quantitative estimate of drug-likeness (QED) is 0.694. The van der Waals surface area contributed by atoms with Crippen LogP contribution in [0, 0.1) is 13.8 Å². The lowest BCUT2D eigenvalue weighted by Gasteiger charge is -1.98. The van der Waals surface area contributed by atoms with Gasteiger partial charge in [-0.25, -0.2) is 0 Å². The molecule has 112 valence electrons. The molecule has 0 unspecified atom stereocenters. The van der Waals surface area contributed by atoms with Crippen LogP contribution in [-0.4, -0.2) is 5.12 Å². The Morgan fingerprint density at radius 3 is 1.71 bits per heavy atom. The molecule has 0 fully saturated rings. The van der Waals surface area contributed by atoms with Gasteiger partial charge in [0.2, 0.25) is 0 Å². The lowest BCUT2D eigenvalue weighted by Crippen LogP contribution is -1.85. The summed E-state index contributed by atoms with van der Waals surface area (Å²) in [5.74, 6) is 1.40. The number of alkyl halides is 1. The summed E-state index contributed by atoms with van der Waals surface area (Å²) >= 11 is 6.93. The van der Waals surface area contributed by atoms with Gasteiger partial charge >= 0.3 is 0 Å². The zero-order chi connectivity index (χ0) is 15.7. The van der Waals surface area contributed by atoms with E-state index in [0.29, 0.717) is 5.88 Å². The van der Waals surface area contributed by atoms with Gasteiger partial charge in [0, 0.05) is 18.6 Å². The highest BCUT2D eigenvalue weighted by atomic mass is 35.5. The number of hydrogen-bond donors (Lipinski definition) is 0. The van der Waals surface area contributed by atoms with Crippen molar-refractivity contribution in [3.05, 3.63) is 70.8 Å². The number of carbonyl (C=O) groups is 1. The van der Waals surface area contributed by atoms with E-state index in [9.17, 15) is 4.79 Å². The number of hydrogen-bond acceptors (Lipinski definition) is 2. The van der Waals surface area contributed by atoms with E-state index < -0.39 is 0 Å². The van der Waals surface area contributed by atoms with E-state index in [1.807, 2.05) is 12.1 Å². The maximum absolute atomic E-state index is 10.6. The van der Waals surface area contributed by atoms with E-state index >= 15 is 0 Å². The molecule has 0 N–H and O–H groups in total. The molecule has 0 aliphatic carbocycles. The number of aryl methyl sites for hydroxylation is 2. The predicted molar refractivity (Wildman–Crippen MR) is 93.9 cm³/mol. The average Bonchev–Trinajstić information content (AvgIpc) is 2.48. The monoisotopic (exact) mass is 320 g/mol. The number of thioether (sulfide) groups is 1. The standard InChI is InChI=1S/C10H12OS.C8H9Cl/c1-8-3-5-10(6-4-8)7-12-9(2)11;1-7-2-4-8(6-9)5-3-7/h3-6H,7H2,1-2H3;2-5H,6H2,1H3. The van der Waals surface area contributed by atoms with Crippen molar-refractivity contribution in [2.75, 3.05) is 0 Å². The lowest BCUT2D eigenvalue weighted by atomic mass is 10.2. The van der Waals surface area contributed by atoms with Crippen LogP contribution in [0.15, 0.2) is 48.5 Å². The van der Waals surface area contributed by atoms with Gasteiger partial charge in [-0.2, -0.15) is 0 Å². The van der Waals surface area contributed by atoms with Crippen LogP contribution >= 0.6 is 23.4 Å². The van der Waals surface area contributed by atoms with E-state index in [1.54, 1.807) is 6.92 Å². The van der Waals surface area contributed by atoms with Gasteiger partial charge in [-0.1, -0.05) is 71.4 Å². The van der Waals surface area contributed by atoms with Crippen molar-refractivity contribution in [2.45, 2.75) is 32.4 Å². The molecule has 0 amide bonds. The molecule has 0 atom stereocenters. The molecule has 0 bridgehead atoms. The van der Waals surface area contributed by atoms with Crippen molar-refractivity contribution in [3.63, 3.8) is 0 Å². The third-order valence-electron chi connectivity index (χ3n) is 2.84. The molecule has 2 aromatic rings. The molecule has 0 saturated heterocycles. The highest BCUT2D eigenvalue weighted by Gasteiger charge is 1.95. The molecule has 0 saturated carbocycles. The van der Waals surface area contributed by atoms with Crippen molar-refractivity contribution in [1.29, 1.82) is 0 Å². The Bertz CT molecular complexity index is 546. The first-order chi connectivity index (χ1) is 10.0. The lowest BCUT2D eigenvalue weighted by molar-refractivity contribution is -0.109. The summed E-state index contributed by atoms with van der Waals surface area (Å²) in [5.41, 5.74) is 4.93. The molecule has 0 aliphatic rings. The molecule has 0 radical (unpaired) electrons. The van der Waals surface area contributed by atoms with Crippen molar-refractivity contribution < 1.29 is 4.79 Å². The third kappa shape index (κ3) is 7.93. The summed E-state index contributed by atoms with van der Waals surface area (Å²) < 4.78 is 0. The zero-order valence-electron chi connectivity index (χ0n) is 12.7. The van der Waals surface area contributed by atoms with Crippen LogP contribution in [0.4, 0.5) is 0 Å². The van der Waals surface area contributed by atoms with E-state index in [-0.39, 0.29) is 5.12 Å². The highest BCUT2D eigenvalue weighted by molar-refractivity contribution is 8.12. The van der Waals surface area contributed by atoms with Gasteiger partial charge in [-0.3, -0.25) is 4.79 Å². The molecule has 3 heteroatoms. The second-order valence-electron chi connectivity index (χ2n) is 4.89. The molecule has 2 aromatic carbocycles. The highest BCUT2D eigenvalue weighted by Crippen LogP contribution is 2.13. The van der Waals surface area contributed by atoms with Crippen LogP contribution in [0.1, 0.15) is 29.2 Å². The molecule has 0 heterocycles. The Morgan fingerprint density at radius 2 is 1.33 bits per heavy atom. The molecule has 0 aliphatic heterocycles. The Kier molecular flexibility index (Phi) is 8.17. The van der Waals surface area contributed by atoms with Gasteiger partial charge in [0.15, 0.2) is 5.12 Å². The number of carbonyl (C=O) groups excluding carboxylic acids is 1. The predicted octanol–water partition coefficient (Wildman–Crippen LogP) is 5.51. The van der Waals surface area contributed by atoms with Gasteiger partial charge < -0.3 is 0 Å². The molecular weight excluding hydrogens is 300 g/mol. The second-order valence-corrected chi connectivity index (χ2v) is 6.30. The maximum Gasteiger partial charge on any atom is 0.186 e. The van der Waals surface area contributed by atoms with Gasteiger partial charge in [0.1, 0.15) is 0 Å². The third-order valence-corrected chi connectivity index (χ3v) is 4.03. The number of rotatable bonds is 3. The van der Waals surface area contributed by atoms with E-state index in [0.717, 1.165) is 5.75 Å². The van der Waals surface area contributed by atoms with Crippen molar-refractivity contribution >= 4 is 28.5 Å². The number of halogens is 1. The minimum absolute atomic E-state index is 0.176. The summed E-state index contributed by atoms with van der Waals surface area (Å²) in [6, 6.07) is 16.5. The van der Waals surface area contributed by atoms with Crippen molar-refractivity contribution in [3.8, 4) is 0 Å². The van der Waals surface area contributed by atoms with Gasteiger partial charge in [0.05, 0.1) is 0 Å².